The highest BCUT2D eigenvalue weighted by molar-refractivity contribution is 7.89. The molecule has 0 saturated heterocycles. The van der Waals surface area contributed by atoms with Gasteiger partial charge in [-0.1, -0.05) is 0 Å². The molecular weight excluding hydrogens is 266 g/mol. The van der Waals surface area contributed by atoms with Crippen LogP contribution in [0.2, 0.25) is 0 Å². The number of aryl methyl sites for hydroxylation is 2. The lowest BCUT2D eigenvalue weighted by Crippen LogP contribution is -2.36. The van der Waals surface area contributed by atoms with Crippen LogP contribution < -0.4 is 10.1 Å². The van der Waals surface area contributed by atoms with Crippen LogP contribution in [0.3, 0.4) is 0 Å². The molecule has 1 aromatic heterocycles. The molecular formula is C12H21N3O3S. The lowest BCUT2D eigenvalue weighted by molar-refractivity contribution is 0.363. The van der Waals surface area contributed by atoms with Gasteiger partial charge in [0.1, 0.15) is 16.4 Å². The average molecular weight is 287 g/mol. The van der Waals surface area contributed by atoms with Crippen molar-refractivity contribution < 1.29 is 12.8 Å². The number of nitrogens with zero attached hydrogens (tertiary/aromatic N) is 1. The summed E-state index contributed by atoms with van der Waals surface area (Å²) in [5.41, 5.74) is 0.721. The maximum absolute atomic E-state index is 12.3. The van der Waals surface area contributed by atoms with Crippen LogP contribution in [-0.4, -0.2) is 33.6 Å². The van der Waals surface area contributed by atoms with E-state index in [2.05, 4.69) is 10.1 Å². The molecule has 108 valence electrons. The minimum atomic E-state index is -3.59. The smallest absolute Gasteiger partial charge is 0.257 e. The molecule has 1 aliphatic rings. The van der Waals surface area contributed by atoms with Crippen LogP contribution in [0.25, 0.3) is 0 Å². The van der Waals surface area contributed by atoms with Crippen molar-refractivity contribution in [2.24, 2.45) is 0 Å². The standard InChI is InChI=1S/C12H21N3O3S/c1-8-11(7-13-10-5-6-10)12(9(2)18-8)19(16,17)14-15(3)4/h10,13-14H,5-7H2,1-4H3. The summed E-state index contributed by atoms with van der Waals surface area (Å²) < 4.78 is 30.1. The fraction of sp³-hybridized carbons (Fsp3) is 0.667. The number of furan rings is 1. The molecule has 2 N–H and O–H groups in total. The van der Waals surface area contributed by atoms with Gasteiger partial charge in [-0.3, -0.25) is 0 Å². The van der Waals surface area contributed by atoms with Crippen molar-refractivity contribution >= 4 is 10.0 Å². The predicted molar refractivity (Wildman–Crippen MR) is 72.1 cm³/mol. The third kappa shape index (κ3) is 3.36. The van der Waals surface area contributed by atoms with Crippen LogP contribution in [0.4, 0.5) is 0 Å². The Morgan fingerprint density at radius 3 is 2.42 bits per heavy atom. The highest BCUT2D eigenvalue weighted by Gasteiger charge is 2.29. The van der Waals surface area contributed by atoms with Crippen LogP contribution in [-0.2, 0) is 16.6 Å². The monoisotopic (exact) mass is 287 g/mol. The van der Waals surface area contributed by atoms with Gasteiger partial charge in [0.15, 0.2) is 0 Å². The molecule has 1 saturated carbocycles. The fourth-order valence-electron chi connectivity index (χ4n) is 2.09. The molecule has 1 fully saturated rings. The van der Waals surface area contributed by atoms with Gasteiger partial charge < -0.3 is 9.73 Å². The molecule has 1 heterocycles. The molecule has 7 heteroatoms. The molecule has 0 atom stereocenters. The van der Waals surface area contributed by atoms with Crippen LogP contribution in [0.15, 0.2) is 9.31 Å². The number of nitrogens with one attached hydrogen (secondary N) is 2. The maximum atomic E-state index is 12.3. The largest absolute Gasteiger partial charge is 0.465 e. The van der Waals surface area contributed by atoms with Gasteiger partial charge in [-0.2, -0.15) is 0 Å². The quantitative estimate of drug-likeness (QED) is 0.761. The Bertz CT molecular complexity index is 559. The second-order valence-electron chi connectivity index (χ2n) is 5.17. The second kappa shape index (κ2) is 5.24. The molecule has 0 radical (unpaired) electrons. The van der Waals surface area contributed by atoms with Crippen molar-refractivity contribution in [3.63, 3.8) is 0 Å². The summed E-state index contributed by atoms with van der Waals surface area (Å²) in [4.78, 5) is 2.71. The summed E-state index contributed by atoms with van der Waals surface area (Å²) in [6.45, 7) is 4.00. The van der Waals surface area contributed by atoms with Crippen LogP contribution in [0, 0.1) is 13.8 Å². The van der Waals surface area contributed by atoms with Crippen LogP contribution >= 0.6 is 0 Å². The lowest BCUT2D eigenvalue weighted by atomic mass is 10.2. The van der Waals surface area contributed by atoms with Crippen molar-refractivity contribution in [2.75, 3.05) is 14.1 Å². The maximum Gasteiger partial charge on any atom is 0.257 e. The summed E-state index contributed by atoms with van der Waals surface area (Å²) in [6.07, 6.45) is 2.32. The van der Waals surface area contributed by atoms with E-state index in [1.807, 2.05) is 0 Å². The Morgan fingerprint density at radius 1 is 1.26 bits per heavy atom. The van der Waals surface area contributed by atoms with E-state index in [9.17, 15) is 8.42 Å². The van der Waals surface area contributed by atoms with Crippen LogP contribution in [0.5, 0.6) is 0 Å². The normalized spacial score (nSPS) is 16.3. The third-order valence-corrected chi connectivity index (χ3v) is 4.72. The number of sulfonamides is 1. The van der Waals surface area contributed by atoms with E-state index in [-0.39, 0.29) is 4.90 Å². The zero-order valence-electron chi connectivity index (χ0n) is 11.8. The minimum absolute atomic E-state index is 0.256. The number of hydrogen-bond donors (Lipinski definition) is 2. The molecule has 1 aliphatic carbocycles. The van der Waals surface area contributed by atoms with Crippen molar-refractivity contribution in [2.45, 2.75) is 44.2 Å². The first-order valence-corrected chi connectivity index (χ1v) is 7.81. The van der Waals surface area contributed by atoms with Gasteiger partial charge in [-0.05, 0) is 26.7 Å². The van der Waals surface area contributed by atoms with E-state index >= 15 is 0 Å². The van der Waals surface area contributed by atoms with E-state index in [4.69, 9.17) is 4.42 Å². The fourth-order valence-corrected chi connectivity index (χ4v) is 3.62. The van der Waals surface area contributed by atoms with E-state index in [1.54, 1.807) is 27.9 Å². The topological polar surface area (TPSA) is 74.6 Å². The molecule has 1 aromatic rings. The summed E-state index contributed by atoms with van der Waals surface area (Å²) in [5.74, 6) is 1.09. The van der Waals surface area contributed by atoms with Crippen LogP contribution in [0.1, 0.15) is 29.9 Å². The Morgan fingerprint density at radius 2 is 1.89 bits per heavy atom. The Hall–Kier alpha value is -0.890. The first kappa shape index (κ1) is 14.5. The molecule has 6 nitrogen and oxygen atoms in total. The van der Waals surface area contributed by atoms with Gasteiger partial charge in [-0.15, -0.1) is 4.83 Å². The molecule has 0 aromatic carbocycles. The zero-order chi connectivity index (χ0) is 14.2. The summed E-state index contributed by atoms with van der Waals surface area (Å²) in [5, 5.41) is 4.74. The molecule has 0 aliphatic heterocycles. The van der Waals surface area contributed by atoms with Gasteiger partial charge in [0.05, 0.1) is 0 Å². The van der Waals surface area contributed by atoms with E-state index in [0.717, 1.165) is 18.4 Å². The highest BCUT2D eigenvalue weighted by atomic mass is 32.2. The van der Waals surface area contributed by atoms with Gasteiger partial charge in [0, 0.05) is 32.2 Å². The molecule has 2 rings (SSSR count). The number of hydrazine groups is 1. The second-order valence-corrected chi connectivity index (χ2v) is 6.76. The summed E-state index contributed by atoms with van der Waals surface area (Å²) in [7, 11) is -0.304. The van der Waals surface area contributed by atoms with Crippen molar-refractivity contribution in [1.82, 2.24) is 15.2 Å². The van der Waals surface area contributed by atoms with E-state index < -0.39 is 10.0 Å². The zero-order valence-corrected chi connectivity index (χ0v) is 12.6. The number of hydrogen-bond acceptors (Lipinski definition) is 5. The predicted octanol–water partition coefficient (Wildman–Crippen LogP) is 0.903. The van der Waals surface area contributed by atoms with Crippen molar-refractivity contribution in [3.05, 3.63) is 17.1 Å². The summed E-state index contributed by atoms with van der Waals surface area (Å²) >= 11 is 0. The first-order chi connectivity index (χ1) is 8.81. The molecule has 0 bridgehead atoms. The lowest BCUT2D eigenvalue weighted by Gasteiger charge is -2.13. The Kier molecular flexibility index (Phi) is 4.00. The van der Waals surface area contributed by atoms with Gasteiger partial charge in [-0.25, -0.2) is 13.4 Å². The van der Waals surface area contributed by atoms with Gasteiger partial charge >= 0.3 is 0 Å². The summed E-state index contributed by atoms with van der Waals surface area (Å²) in [6, 6.07) is 0.520. The van der Waals surface area contributed by atoms with Crippen molar-refractivity contribution in [1.29, 1.82) is 0 Å². The Labute approximate surface area is 114 Å². The van der Waals surface area contributed by atoms with Gasteiger partial charge in [0.25, 0.3) is 10.0 Å². The first-order valence-electron chi connectivity index (χ1n) is 6.33. The van der Waals surface area contributed by atoms with Gasteiger partial charge in [0.2, 0.25) is 0 Å². The third-order valence-electron chi connectivity index (χ3n) is 3.04. The van der Waals surface area contributed by atoms with E-state index in [1.165, 1.54) is 5.01 Å². The minimum Gasteiger partial charge on any atom is -0.465 e. The molecule has 0 unspecified atom stereocenters. The molecule has 0 spiro atoms. The SMILES string of the molecule is Cc1oc(C)c(S(=O)(=O)NN(C)C)c1CNC1CC1. The Balaban J connectivity index is 2.31. The number of rotatable bonds is 6. The van der Waals surface area contributed by atoms with E-state index in [0.29, 0.717) is 24.1 Å². The average Bonchev–Trinajstić information content (AvgIpc) is 3.00. The molecule has 19 heavy (non-hydrogen) atoms. The van der Waals surface area contributed by atoms with Crippen molar-refractivity contribution in [3.8, 4) is 0 Å². The molecule has 0 amide bonds. The highest BCUT2D eigenvalue weighted by Crippen LogP contribution is 2.28.